The molecule has 0 fully saturated rings. The van der Waals surface area contributed by atoms with Crippen LogP contribution in [0.2, 0.25) is 0 Å². The number of anilines is 6. The Labute approximate surface area is 400 Å². The molecule has 10 aromatic rings. The number of allylic oxidation sites excluding steroid dienone is 4. The van der Waals surface area contributed by atoms with Crippen molar-refractivity contribution >= 4 is 45.3 Å². The second-order valence-electron chi connectivity index (χ2n) is 17.3. The highest BCUT2D eigenvalue weighted by Gasteiger charge is 2.22. The Bertz CT molecular complexity index is 2950. The summed E-state index contributed by atoms with van der Waals surface area (Å²) in [6.45, 7) is 0. The van der Waals surface area contributed by atoms with Gasteiger partial charge in [-0.1, -0.05) is 212 Å². The number of benzene rings is 10. The molecule has 1 aliphatic carbocycles. The number of nitrogens with zero attached hydrogens (tertiary/aromatic N) is 2. The van der Waals surface area contributed by atoms with E-state index in [1.165, 1.54) is 66.8 Å². The fraction of sp³-hybridized carbons (Fsp3) is 0.0303. The van der Waals surface area contributed by atoms with E-state index >= 15 is 0 Å². The van der Waals surface area contributed by atoms with E-state index in [0.29, 0.717) is 0 Å². The van der Waals surface area contributed by atoms with Gasteiger partial charge >= 0.3 is 0 Å². The van der Waals surface area contributed by atoms with Gasteiger partial charge in [-0.2, -0.15) is 0 Å². The Morgan fingerprint density at radius 1 is 0.191 bits per heavy atom. The van der Waals surface area contributed by atoms with Crippen LogP contribution in [0.4, 0.5) is 34.1 Å². The molecule has 0 saturated carbocycles. The maximum atomic E-state index is 2.42. The summed E-state index contributed by atoms with van der Waals surface area (Å²) in [6, 6.07) is 96.5. The Morgan fingerprint density at radius 2 is 0.426 bits per heavy atom. The van der Waals surface area contributed by atoms with Gasteiger partial charge in [-0.25, -0.2) is 0 Å². The van der Waals surface area contributed by atoms with Crippen molar-refractivity contribution in [3.63, 3.8) is 0 Å². The van der Waals surface area contributed by atoms with Crippen LogP contribution in [0.1, 0.15) is 24.0 Å². The third-order valence-electron chi connectivity index (χ3n) is 13.0. The van der Waals surface area contributed by atoms with Crippen molar-refractivity contribution in [2.75, 3.05) is 9.80 Å². The van der Waals surface area contributed by atoms with Crippen LogP contribution in [-0.4, -0.2) is 0 Å². The molecule has 0 heterocycles. The van der Waals surface area contributed by atoms with E-state index < -0.39 is 0 Å². The van der Waals surface area contributed by atoms with E-state index in [9.17, 15) is 0 Å². The largest absolute Gasteiger partial charge is 0.310 e. The van der Waals surface area contributed by atoms with E-state index in [0.717, 1.165) is 47.0 Å². The van der Waals surface area contributed by atoms with Gasteiger partial charge < -0.3 is 9.80 Å². The zero-order valence-electron chi connectivity index (χ0n) is 37.9. The van der Waals surface area contributed by atoms with Crippen LogP contribution in [0, 0.1) is 0 Å². The van der Waals surface area contributed by atoms with Crippen LogP contribution in [-0.2, 0) is 0 Å². The lowest BCUT2D eigenvalue weighted by Crippen LogP contribution is -2.14. The van der Waals surface area contributed by atoms with E-state index in [-0.39, 0.29) is 0 Å². The minimum Gasteiger partial charge on any atom is -0.310 e. The van der Waals surface area contributed by atoms with Crippen LogP contribution >= 0.6 is 0 Å². The van der Waals surface area contributed by atoms with Gasteiger partial charge in [0.15, 0.2) is 0 Å². The molecule has 0 unspecified atom stereocenters. The second-order valence-corrected chi connectivity index (χ2v) is 17.3. The minimum absolute atomic E-state index is 0.929. The first kappa shape index (κ1) is 41.9. The quantitative estimate of drug-likeness (QED) is 0.121. The van der Waals surface area contributed by atoms with E-state index in [1.54, 1.807) is 0 Å². The molecule has 2 heteroatoms. The fourth-order valence-corrected chi connectivity index (χ4v) is 9.44. The molecule has 1 aliphatic rings. The summed E-state index contributed by atoms with van der Waals surface area (Å²) in [5.41, 5.74) is 21.1. The summed E-state index contributed by atoms with van der Waals surface area (Å²) in [5, 5.41) is 0. The third kappa shape index (κ3) is 9.09. The lowest BCUT2D eigenvalue weighted by molar-refractivity contribution is 1.07. The fourth-order valence-electron chi connectivity index (χ4n) is 9.44. The highest BCUT2D eigenvalue weighted by Crippen LogP contribution is 2.45. The summed E-state index contributed by atoms with van der Waals surface area (Å²) in [5.74, 6) is 0. The summed E-state index contributed by atoms with van der Waals surface area (Å²) in [6.07, 6.45) is 6.56. The standard InChI is InChI=1S/C66H50N2/c1-6-16-49(17-7-1)54-26-28-59(29-27-54)60-46-65(67(61-38-30-55(31-39-61)50-18-8-2-9-19-50)62-40-32-56(33-41-62)51-20-10-3-11-21-51)48-66(47-60)68(63-42-34-57(35-43-63)52-22-12-4-13-23-52)64-44-36-58(37-45-64)53-24-14-5-15-25-53/h1-26,28,30-48H,27,29H2. The third-order valence-corrected chi connectivity index (χ3v) is 13.0. The zero-order chi connectivity index (χ0) is 45.5. The lowest BCUT2D eigenvalue weighted by Gasteiger charge is -2.31. The Morgan fingerprint density at radius 3 is 0.691 bits per heavy atom. The Kier molecular flexibility index (Phi) is 12.0. The normalized spacial score (nSPS) is 12.2. The topological polar surface area (TPSA) is 6.48 Å². The summed E-state index contributed by atoms with van der Waals surface area (Å²) in [7, 11) is 0. The second kappa shape index (κ2) is 19.4. The van der Waals surface area contributed by atoms with E-state index in [1.807, 2.05) is 0 Å². The van der Waals surface area contributed by atoms with Gasteiger partial charge in [0, 0.05) is 34.1 Å². The minimum atomic E-state index is 0.929. The van der Waals surface area contributed by atoms with Crippen molar-refractivity contribution < 1.29 is 0 Å². The number of hydrogen-bond donors (Lipinski definition) is 0. The first-order chi connectivity index (χ1) is 33.7. The van der Waals surface area contributed by atoms with Crippen LogP contribution in [0.25, 0.3) is 55.7 Å². The van der Waals surface area contributed by atoms with E-state index in [4.69, 9.17) is 0 Å². The lowest BCUT2D eigenvalue weighted by atomic mass is 9.89. The average molecular weight is 871 g/mol. The zero-order valence-corrected chi connectivity index (χ0v) is 37.9. The predicted molar refractivity (Wildman–Crippen MR) is 289 cm³/mol. The monoisotopic (exact) mass is 870 g/mol. The molecule has 0 bridgehead atoms. The van der Waals surface area contributed by atoms with Crippen molar-refractivity contribution in [3.05, 3.63) is 290 Å². The average Bonchev–Trinajstić information content (AvgIpc) is 3.43. The maximum Gasteiger partial charge on any atom is 0.0488 e. The first-order valence-electron chi connectivity index (χ1n) is 23.5. The highest BCUT2D eigenvalue weighted by molar-refractivity contribution is 5.89. The van der Waals surface area contributed by atoms with Gasteiger partial charge in [0.1, 0.15) is 0 Å². The molecule has 0 aromatic heterocycles. The summed E-state index contributed by atoms with van der Waals surface area (Å²) < 4.78 is 0. The van der Waals surface area contributed by atoms with Gasteiger partial charge in [0.2, 0.25) is 0 Å². The molecule has 10 aromatic carbocycles. The first-order valence-corrected chi connectivity index (χ1v) is 23.5. The van der Waals surface area contributed by atoms with Crippen molar-refractivity contribution in [1.29, 1.82) is 0 Å². The molecule has 0 amide bonds. The molecule has 68 heavy (non-hydrogen) atoms. The molecule has 324 valence electrons. The van der Waals surface area contributed by atoms with Gasteiger partial charge in [-0.15, -0.1) is 0 Å². The molecule has 0 radical (unpaired) electrons. The highest BCUT2D eigenvalue weighted by atomic mass is 15.2. The number of hydrogen-bond acceptors (Lipinski definition) is 2. The van der Waals surface area contributed by atoms with Gasteiger partial charge in [-0.05, 0) is 146 Å². The van der Waals surface area contributed by atoms with Crippen LogP contribution in [0.3, 0.4) is 0 Å². The van der Waals surface area contributed by atoms with Gasteiger partial charge in [-0.3, -0.25) is 0 Å². The molecule has 0 spiro atoms. The molecule has 0 N–H and O–H groups in total. The van der Waals surface area contributed by atoms with Crippen LogP contribution in [0.15, 0.2) is 279 Å². The number of rotatable bonds is 12. The van der Waals surface area contributed by atoms with Crippen molar-refractivity contribution in [2.24, 2.45) is 0 Å². The van der Waals surface area contributed by atoms with Crippen molar-refractivity contribution in [3.8, 4) is 44.5 Å². The van der Waals surface area contributed by atoms with Crippen molar-refractivity contribution in [2.45, 2.75) is 12.8 Å². The molecular weight excluding hydrogens is 821 g/mol. The van der Waals surface area contributed by atoms with Crippen LogP contribution < -0.4 is 9.80 Å². The Hall–Kier alpha value is -8.72. The maximum absolute atomic E-state index is 2.42. The molecule has 0 aliphatic heterocycles. The molecule has 2 nitrogen and oxygen atoms in total. The molecule has 0 atom stereocenters. The summed E-state index contributed by atoms with van der Waals surface area (Å²) >= 11 is 0. The van der Waals surface area contributed by atoms with Gasteiger partial charge in [0.25, 0.3) is 0 Å². The van der Waals surface area contributed by atoms with Crippen LogP contribution in [0.5, 0.6) is 0 Å². The van der Waals surface area contributed by atoms with Crippen molar-refractivity contribution in [1.82, 2.24) is 0 Å². The molecule has 0 saturated heterocycles. The SMILES string of the molecule is C1=C(c2ccccc2)CCC(c2cc(N(c3ccc(-c4ccccc4)cc3)c3ccc(-c4ccccc4)cc3)cc(N(c3ccc(-c4ccccc4)cc3)c3ccc(-c4ccccc4)cc3)c2)=C1. The Balaban J connectivity index is 1.10. The van der Waals surface area contributed by atoms with Gasteiger partial charge in [0.05, 0.1) is 0 Å². The molecular formula is C66H50N2. The smallest absolute Gasteiger partial charge is 0.0488 e. The predicted octanol–water partition coefficient (Wildman–Crippen LogP) is 18.6. The van der Waals surface area contributed by atoms with E-state index in [2.05, 4.69) is 289 Å². The summed E-state index contributed by atoms with van der Waals surface area (Å²) in [4.78, 5) is 4.83. The molecule has 11 rings (SSSR count).